The highest BCUT2D eigenvalue weighted by molar-refractivity contribution is 6.09. The monoisotopic (exact) mass is 551 g/mol. The van der Waals surface area contributed by atoms with E-state index in [0.29, 0.717) is 5.56 Å². The Hall–Kier alpha value is -4.43. The first-order valence-corrected chi connectivity index (χ1v) is 11.4. The van der Waals surface area contributed by atoms with Crippen LogP contribution in [-0.2, 0) is 16.6 Å². The number of halogens is 6. The van der Waals surface area contributed by atoms with Crippen LogP contribution in [0.2, 0.25) is 0 Å². The number of fused-ring (bicyclic) bond motifs is 2. The fraction of sp³-hybridized carbons (Fsp3) is 0.292. The van der Waals surface area contributed by atoms with Crippen LogP contribution in [0.3, 0.4) is 0 Å². The molecule has 3 aromatic heterocycles. The summed E-state index contributed by atoms with van der Waals surface area (Å²) in [5.41, 5.74) is 5.33. The molecule has 1 aromatic carbocycles. The number of carbonyl (C=O) groups is 1. The van der Waals surface area contributed by atoms with Gasteiger partial charge >= 0.3 is 12.1 Å². The number of alkyl halides is 5. The van der Waals surface area contributed by atoms with Crippen LogP contribution in [0.25, 0.3) is 17.2 Å². The zero-order valence-electron chi connectivity index (χ0n) is 20.3. The summed E-state index contributed by atoms with van der Waals surface area (Å²) in [5, 5.41) is 2.62. The molecule has 1 aliphatic heterocycles. The second-order valence-electron chi connectivity index (χ2n) is 9.02. The van der Waals surface area contributed by atoms with E-state index in [9.17, 15) is 31.1 Å². The highest BCUT2D eigenvalue weighted by atomic mass is 19.4. The van der Waals surface area contributed by atoms with Crippen molar-refractivity contribution in [3.63, 3.8) is 0 Å². The largest absolute Gasteiger partial charge is 0.494 e. The molecule has 1 atom stereocenters. The summed E-state index contributed by atoms with van der Waals surface area (Å²) < 4.78 is 85.7. The molecule has 0 saturated heterocycles. The summed E-state index contributed by atoms with van der Waals surface area (Å²) in [6.45, 7) is 1.55. The van der Waals surface area contributed by atoms with Crippen LogP contribution < -0.4 is 15.8 Å². The lowest BCUT2D eigenvalue weighted by atomic mass is 9.77. The van der Waals surface area contributed by atoms with E-state index in [1.807, 2.05) is 0 Å². The van der Waals surface area contributed by atoms with Gasteiger partial charge in [-0.1, -0.05) is 6.07 Å². The minimum Gasteiger partial charge on any atom is -0.494 e. The summed E-state index contributed by atoms with van der Waals surface area (Å²) in [6, 6.07) is 3.90. The van der Waals surface area contributed by atoms with E-state index in [2.05, 4.69) is 25.3 Å². The van der Waals surface area contributed by atoms with Gasteiger partial charge in [-0.25, -0.2) is 24.3 Å². The number of nitrogens with two attached hydrogens (primary N) is 1. The number of nitrogens with zero attached hydrogens (tertiary/aromatic N) is 5. The molecule has 4 heterocycles. The summed E-state index contributed by atoms with van der Waals surface area (Å²) >= 11 is 0. The first kappa shape index (κ1) is 26.2. The third-order valence-corrected chi connectivity index (χ3v) is 6.61. The molecule has 0 spiro atoms. The third kappa shape index (κ3) is 4.17. The van der Waals surface area contributed by atoms with Crippen molar-refractivity contribution in [2.45, 2.75) is 37.3 Å². The Bertz CT molecular complexity index is 1620. The van der Waals surface area contributed by atoms with E-state index in [4.69, 9.17) is 10.5 Å². The normalized spacial score (nSPS) is 17.4. The van der Waals surface area contributed by atoms with Crippen molar-refractivity contribution < 1.29 is 35.9 Å². The van der Waals surface area contributed by atoms with Gasteiger partial charge in [0.15, 0.2) is 23.0 Å². The summed E-state index contributed by atoms with van der Waals surface area (Å²) in [6.07, 6.45) is -3.83. The number of anilines is 2. The average Bonchev–Trinajstić information content (AvgIpc) is 3.44. The van der Waals surface area contributed by atoms with Gasteiger partial charge < -0.3 is 20.2 Å². The highest BCUT2D eigenvalue weighted by Crippen LogP contribution is 2.46. The Kier molecular flexibility index (Phi) is 5.92. The molecule has 3 N–H and O–H groups in total. The number of rotatable bonds is 6. The molecule has 39 heavy (non-hydrogen) atoms. The number of aromatic nitrogens is 5. The molecule has 0 radical (unpaired) electrons. The van der Waals surface area contributed by atoms with E-state index in [0.717, 1.165) is 6.07 Å². The molecule has 15 heteroatoms. The van der Waals surface area contributed by atoms with E-state index in [1.54, 1.807) is 6.92 Å². The second-order valence-corrected chi connectivity index (χ2v) is 9.02. The predicted molar refractivity (Wildman–Crippen MR) is 126 cm³/mol. The lowest BCUT2D eigenvalue weighted by Crippen LogP contribution is -2.36. The fourth-order valence-electron chi connectivity index (χ4n) is 4.46. The number of imidazole rings is 1. The number of methoxy groups -OCH3 is 1. The quantitative estimate of drug-likeness (QED) is 0.343. The molecule has 4 aromatic rings. The summed E-state index contributed by atoms with van der Waals surface area (Å²) in [5.74, 6) is -6.40. The van der Waals surface area contributed by atoms with Crippen LogP contribution >= 0.6 is 0 Å². The van der Waals surface area contributed by atoms with E-state index in [1.165, 1.54) is 42.2 Å². The predicted octanol–water partition coefficient (Wildman–Crippen LogP) is 4.30. The lowest BCUT2D eigenvalue weighted by Gasteiger charge is -2.24. The minimum absolute atomic E-state index is 0.00775. The van der Waals surface area contributed by atoms with Crippen LogP contribution in [0, 0.1) is 5.82 Å². The maximum absolute atomic E-state index is 14.0. The van der Waals surface area contributed by atoms with Gasteiger partial charge in [-0.2, -0.15) is 22.0 Å². The smallest absolute Gasteiger partial charge is 0.453 e. The number of benzene rings is 1. The number of ether oxygens (including phenoxy) is 1. The molecule has 1 aliphatic rings. The standard InChI is InChI=1S/C24H19F6N7O2/c1-22(11-3-4-12(25)15(9-11)39-2)16-17(31)34-18(35-19(16)36-21(22)38)14-10-37-8-7-32-20(37)13(33-14)5-6-23(26,27)24(28,29)30/h3-4,7-10H,5-6H2,1-2H3,(H3,31,34,35,36,38). The number of hydrogen-bond acceptors (Lipinski definition) is 7. The first-order chi connectivity index (χ1) is 18.3. The highest BCUT2D eigenvalue weighted by Gasteiger charge is 2.56. The van der Waals surface area contributed by atoms with Crippen LogP contribution in [0.15, 0.2) is 36.8 Å². The Morgan fingerprint density at radius 1 is 1.15 bits per heavy atom. The average molecular weight is 551 g/mol. The van der Waals surface area contributed by atoms with Crippen molar-refractivity contribution in [1.82, 2.24) is 24.3 Å². The van der Waals surface area contributed by atoms with Crippen molar-refractivity contribution in [3.8, 4) is 17.3 Å². The van der Waals surface area contributed by atoms with Gasteiger partial charge in [0.1, 0.15) is 22.7 Å². The maximum atomic E-state index is 14.0. The van der Waals surface area contributed by atoms with Crippen LogP contribution in [-0.4, -0.2) is 49.5 Å². The Morgan fingerprint density at radius 2 is 1.90 bits per heavy atom. The number of nitrogens with one attached hydrogen (secondary N) is 1. The Labute approximate surface area is 216 Å². The van der Waals surface area contributed by atoms with Gasteiger partial charge in [0.2, 0.25) is 5.91 Å². The van der Waals surface area contributed by atoms with Crippen LogP contribution in [0.1, 0.15) is 30.2 Å². The molecular weight excluding hydrogens is 532 g/mol. The van der Waals surface area contributed by atoms with Crippen molar-refractivity contribution in [1.29, 1.82) is 0 Å². The van der Waals surface area contributed by atoms with Gasteiger partial charge in [0.25, 0.3) is 0 Å². The molecule has 1 amide bonds. The molecular formula is C24H19F6N7O2. The van der Waals surface area contributed by atoms with Crippen molar-refractivity contribution in [2.75, 3.05) is 18.2 Å². The molecule has 204 valence electrons. The molecule has 0 fully saturated rings. The SMILES string of the molecule is COc1cc(C2(C)C(=O)Nc3nc(-c4cn5ccnc5c(CCC(F)(F)C(F)(F)F)n4)nc(N)c32)ccc1F. The summed E-state index contributed by atoms with van der Waals surface area (Å²) in [7, 11) is 1.28. The van der Waals surface area contributed by atoms with Crippen LogP contribution in [0.4, 0.5) is 38.0 Å². The molecule has 1 unspecified atom stereocenters. The molecule has 0 bridgehead atoms. The minimum atomic E-state index is -5.72. The van der Waals surface area contributed by atoms with Gasteiger partial charge in [-0.3, -0.25) is 4.79 Å². The second kappa shape index (κ2) is 8.81. The topological polar surface area (TPSA) is 120 Å². The summed E-state index contributed by atoms with van der Waals surface area (Å²) in [4.78, 5) is 29.9. The fourth-order valence-corrected chi connectivity index (χ4v) is 4.46. The number of aryl methyl sites for hydroxylation is 1. The van der Waals surface area contributed by atoms with Crippen molar-refractivity contribution in [3.05, 3.63) is 59.4 Å². The zero-order chi connectivity index (χ0) is 28.3. The van der Waals surface area contributed by atoms with Gasteiger partial charge in [0, 0.05) is 25.0 Å². The van der Waals surface area contributed by atoms with Gasteiger partial charge in [0.05, 0.1) is 18.4 Å². The number of hydrogen-bond donors (Lipinski definition) is 2. The number of nitrogen functional groups attached to an aromatic ring is 1. The van der Waals surface area contributed by atoms with Gasteiger partial charge in [-0.15, -0.1) is 0 Å². The van der Waals surface area contributed by atoms with Crippen molar-refractivity contribution in [2.24, 2.45) is 0 Å². The number of amides is 1. The van der Waals surface area contributed by atoms with Crippen LogP contribution in [0.5, 0.6) is 5.75 Å². The first-order valence-electron chi connectivity index (χ1n) is 11.4. The molecule has 0 aliphatic carbocycles. The lowest BCUT2D eigenvalue weighted by molar-refractivity contribution is -0.284. The molecule has 5 rings (SSSR count). The number of carbonyl (C=O) groups excluding carboxylic acids is 1. The van der Waals surface area contributed by atoms with Gasteiger partial charge in [-0.05, 0) is 31.0 Å². The Morgan fingerprint density at radius 3 is 2.59 bits per heavy atom. The van der Waals surface area contributed by atoms with E-state index < -0.39 is 42.1 Å². The van der Waals surface area contributed by atoms with Crippen molar-refractivity contribution >= 4 is 23.2 Å². The Balaban J connectivity index is 1.57. The maximum Gasteiger partial charge on any atom is 0.453 e. The van der Waals surface area contributed by atoms with E-state index in [-0.39, 0.29) is 45.8 Å². The molecule has 9 nitrogen and oxygen atoms in total. The van der Waals surface area contributed by atoms with E-state index >= 15 is 0 Å². The molecule has 0 saturated carbocycles. The third-order valence-electron chi connectivity index (χ3n) is 6.61. The zero-order valence-corrected chi connectivity index (χ0v) is 20.3.